The molecule has 3 aromatic heterocycles. The summed E-state index contributed by atoms with van der Waals surface area (Å²) in [7, 11) is 1.50. The van der Waals surface area contributed by atoms with Crippen LogP contribution >= 0.6 is 11.3 Å². The Hall–Kier alpha value is -5.16. The summed E-state index contributed by atoms with van der Waals surface area (Å²) < 4.78 is 5.48. The molecule has 0 atom stereocenters. The molecule has 1 amide bonds. The topological polar surface area (TPSA) is 145 Å². The van der Waals surface area contributed by atoms with Crippen LogP contribution in [0.5, 0.6) is 5.75 Å². The van der Waals surface area contributed by atoms with Gasteiger partial charge < -0.3 is 9.84 Å². The smallest absolute Gasteiger partial charge is 0.259 e. The van der Waals surface area contributed by atoms with E-state index in [2.05, 4.69) is 27.4 Å². The lowest BCUT2D eigenvalue weighted by Gasteiger charge is -2.14. The zero-order valence-electron chi connectivity index (χ0n) is 20.9. The number of fused-ring (bicyclic) bond motifs is 1. The van der Waals surface area contributed by atoms with Crippen molar-refractivity contribution < 1.29 is 14.6 Å². The Kier molecular flexibility index (Phi) is 6.98. The molecule has 0 aliphatic rings. The van der Waals surface area contributed by atoms with Gasteiger partial charge in [-0.05, 0) is 61.0 Å². The molecular formula is C29H20N6O3S. The Labute approximate surface area is 227 Å². The summed E-state index contributed by atoms with van der Waals surface area (Å²) in [5.74, 6) is 0.00146. The lowest BCUT2D eigenvalue weighted by Crippen LogP contribution is -2.14. The van der Waals surface area contributed by atoms with Crippen LogP contribution in [-0.4, -0.2) is 33.1 Å². The van der Waals surface area contributed by atoms with Crippen LogP contribution in [0.1, 0.15) is 32.7 Å². The van der Waals surface area contributed by atoms with Crippen LogP contribution in [-0.2, 0) is 6.61 Å². The van der Waals surface area contributed by atoms with Crippen LogP contribution in [0.25, 0.3) is 32.7 Å². The van der Waals surface area contributed by atoms with Gasteiger partial charge in [-0.1, -0.05) is 17.4 Å². The molecule has 0 bridgehead atoms. The number of nitriles is 2. The van der Waals surface area contributed by atoms with Gasteiger partial charge >= 0.3 is 0 Å². The van der Waals surface area contributed by atoms with E-state index in [1.54, 1.807) is 30.3 Å². The van der Waals surface area contributed by atoms with Crippen molar-refractivity contribution in [2.45, 2.75) is 13.5 Å². The largest absolute Gasteiger partial charge is 0.496 e. The van der Waals surface area contributed by atoms with E-state index >= 15 is 0 Å². The Balaban J connectivity index is 1.50. The van der Waals surface area contributed by atoms with Crippen molar-refractivity contribution in [3.8, 4) is 40.3 Å². The SMILES string of the molecule is COc1ccc(C#N)cc1-c1cc(CO)ncc1C(=O)Nc1nc2ccc(-c3ccc(C#N)cc3C)nc2s1. The lowest BCUT2D eigenvalue weighted by molar-refractivity contribution is 0.102. The fourth-order valence-corrected chi connectivity index (χ4v) is 5.02. The fraction of sp³-hybridized carbons (Fsp3) is 0.103. The van der Waals surface area contributed by atoms with Gasteiger partial charge in [0.05, 0.1) is 53.9 Å². The molecule has 0 unspecified atom stereocenters. The number of amides is 1. The molecular weight excluding hydrogens is 512 g/mol. The van der Waals surface area contributed by atoms with Crippen LogP contribution in [0, 0.1) is 29.6 Å². The summed E-state index contributed by atoms with van der Waals surface area (Å²) in [5, 5.41) is 31.4. The van der Waals surface area contributed by atoms with Crippen molar-refractivity contribution in [2.24, 2.45) is 0 Å². The molecule has 0 fully saturated rings. The van der Waals surface area contributed by atoms with E-state index < -0.39 is 5.91 Å². The molecule has 39 heavy (non-hydrogen) atoms. The maximum atomic E-state index is 13.4. The third kappa shape index (κ3) is 5.03. The standard InChI is InChI=1S/C29H20N6O3S/c1-16-9-17(12-30)3-5-20(16)24-6-7-25-28(33-24)39-29(34-25)35-27(37)23-14-32-19(15-36)11-21(23)22-10-18(13-31)4-8-26(22)38-2/h3-11,14,36H,15H2,1-2H3,(H,34,35,37). The van der Waals surface area contributed by atoms with Crippen LogP contribution in [0.3, 0.4) is 0 Å². The minimum absolute atomic E-state index is 0.224. The van der Waals surface area contributed by atoms with E-state index in [0.29, 0.717) is 49.2 Å². The molecule has 0 radical (unpaired) electrons. The van der Waals surface area contributed by atoms with Crippen LogP contribution in [0.15, 0.2) is 60.8 Å². The zero-order valence-corrected chi connectivity index (χ0v) is 21.7. The molecule has 190 valence electrons. The second kappa shape index (κ2) is 10.7. The molecule has 0 saturated carbocycles. The Morgan fingerprint density at radius 1 is 1.00 bits per heavy atom. The van der Waals surface area contributed by atoms with E-state index in [9.17, 15) is 15.2 Å². The summed E-state index contributed by atoms with van der Waals surface area (Å²) in [6, 6.07) is 19.9. The molecule has 5 aromatic rings. The normalized spacial score (nSPS) is 10.6. The number of carbonyl (C=O) groups excluding carboxylic acids is 1. The number of pyridine rings is 2. The summed E-state index contributed by atoms with van der Waals surface area (Å²) in [5.41, 5.74) is 5.74. The van der Waals surface area contributed by atoms with Gasteiger partial charge in [0.1, 0.15) is 16.1 Å². The molecule has 9 nitrogen and oxygen atoms in total. The van der Waals surface area contributed by atoms with Gasteiger partial charge in [-0.25, -0.2) is 9.97 Å². The van der Waals surface area contributed by atoms with E-state index in [1.165, 1.54) is 24.6 Å². The second-order valence-corrected chi connectivity index (χ2v) is 9.52. The summed E-state index contributed by atoms with van der Waals surface area (Å²) in [6.45, 7) is 1.61. The predicted molar refractivity (Wildman–Crippen MR) is 147 cm³/mol. The van der Waals surface area contributed by atoms with Crippen molar-refractivity contribution in [3.63, 3.8) is 0 Å². The zero-order chi connectivity index (χ0) is 27.5. The minimum Gasteiger partial charge on any atom is -0.496 e. The number of methoxy groups -OCH3 is 1. The number of hydrogen-bond acceptors (Lipinski definition) is 9. The van der Waals surface area contributed by atoms with E-state index in [4.69, 9.17) is 15.0 Å². The van der Waals surface area contributed by atoms with Crippen molar-refractivity contribution in [2.75, 3.05) is 12.4 Å². The highest BCUT2D eigenvalue weighted by Gasteiger charge is 2.20. The first-order valence-corrected chi connectivity index (χ1v) is 12.5. The second-order valence-electron chi connectivity index (χ2n) is 8.54. The third-order valence-corrected chi connectivity index (χ3v) is 6.97. The van der Waals surface area contributed by atoms with E-state index in [1.807, 2.05) is 31.2 Å². The average Bonchev–Trinajstić information content (AvgIpc) is 3.37. The summed E-state index contributed by atoms with van der Waals surface area (Å²) >= 11 is 1.23. The fourth-order valence-electron chi connectivity index (χ4n) is 4.18. The van der Waals surface area contributed by atoms with E-state index in [0.717, 1.165) is 16.8 Å². The number of thiazole rings is 1. The van der Waals surface area contributed by atoms with Gasteiger partial charge in [0, 0.05) is 22.9 Å². The van der Waals surface area contributed by atoms with Crippen LogP contribution in [0.2, 0.25) is 0 Å². The quantitative estimate of drug-likeness (QED) is 0.303. The minimum atomic E-state index is -0.464. The molecule has 0 spiro atoms. The van der Waals surface area contributed by atoms with Crippen LogP contribution < -0.4 is 10.1 Å². The van der Waals surface area contributed by atoms with Gasteiger partial charge in [0.15, 0.2) is 5.13 Å². The molecule has 5 rings (SSSR count). The molecule has 2 aromatic carbocycles. The number of nitrogens with zero attached hydrogens (tertiary/aromatic N) is 5. The first-order valence-electron chi connectivity index (χ1n) is 11.7. The molecule has 2 N–H and O–H groups in total. The molecule has 0 aliphatic heterocycles. The van der Waals surface area contributed by atoms with Crippen molar-refractivity contribution >= 4 is 32.7 Å². The number of aromatic nitrogens is 3. The van der Waals surface area contributed by atoms with Gasteiger partial charge in [0.25, 0.3) is 5.91 Å². The number of benzene rings is 2. The molecule has 10 heteroatoms. The number of hydrogen-bond donors (Lipinski definition) is 2. The number of aliphatic hydroxyl groups excluding tert-OH is 1. The maximum Gasteiger partial charge on any atom is 0.259 e. The van der Waals surface area contributed by atoms with Crippen molar-refractivity contribution in [1.82, 2.24) is 15.0 Å². The van der Waals surface area contributed by atoms with Gasteiger partial charge in [-0.15, -0.1) is 0 Å². The number of rotatable bonds is 6. The number of anilines is 1. The maximum absolute atomic E-state index is 13.4. The number of aliphatic hydroxyl groups is 1. The molecule has 0 aliphatic carbocycles. The highest BCUT2D eigenvalue weighted by Crippen LogP contribution is 2.35. The highest BCUT2D eigenvalue weighted by molar-refractivity contribution is 7.22. The third-order valence-electron chi connectivity index (χ3n) is 6.09. The summed E-state index contributed by atoms with van der Waals surface area (Å²) in [4.78, 5) is 27.5. The number of carbonyl (C=O) groups is 1. The van der Waals surface area contributed by atoms with Crippen molar-refractivity contribution in [1.29, 1.82) is 10.5 Å². The number of aryl methyl sites for hydroxylation is 1. The molecule has 0 saturated heterocycles. The Morgan fingerprint density at radius 3 is 2.49 bits per heavy atom. The predicted octanol–water partition coefficient (Wildman–Crippen LogP) is 5.23. The van der Waals surface area contributed by atoms with Gasteiger partial charge in [0.2, 0.25) is 0 Å². The Morgan fingerprint density at radius 2 is 1.77 bits per heavy atom. The number of ether oxygens (including phenoxy) is 1. The first kappa shape index (κ1) is 25.5. The van der Waals surface area contributed by atoms with Gasteiger partial charge in [-0.2, -0.15) is 10.5 Å². The Bertz CT molecular complexity index is 1830. The van der Waals surface area contributed by atoms with Crippen LogP contribution in [0.4, 0.5) is 5.13 Å². The number of nitrogens with one attached hydrogen (secondary N) is 1. The monoisotopic (exact) mass is 532 g/mol. The average molecular weight is 533 g/mol. The summed E-state index contributed by atoms with van der Waals surface area (Å²) in [6.07, 6.45) is 1.38. The lowest BCUT2D eigenvalue weighted by atomic mass is 9.97. The van der Waals surface area contributed by atoms with Crippen molar-refractivity contribution in [3.05, 3.63) is 88.7 Å². The van der Waals surface area contributed by atoms with E-state index in [-0.39, 0.29) is 12.2 Å². The highest BCUT2D eigenvalue weighted by atomic mass is 32.1. The first-order chi connectivity index (χ1) is 18.9. The molecule has 3 heterocycles. The van der Waals surface area contributed by atoms with Gasteiger partial charge in [-0.3, -0.25) is 15.1 Å².